The molecule has 4 nitrogen and oxygen atoms in total. The lowest BCUT2D eigenvalue weighted by Gasteiger charge is -2.36. The number of hydrogen-bond acceptors (Lipinski definition) is 4. The van der Waals surface area contributed by atoms with Gasteiger partial charge in [-0.25, -0.2) is 0 Å². The summed E-state index contributed by atoms with van der Waals surface area (Å²) in [4.78, 5) is 2.35. The molecule has 2 N–H and O–H groups in total. The van der Waals surface area contributed by atoms with Crippen molar-refractivity contribution in [3.8, 4) is 0 Å². The predicted molar refractivity (Wildman–Crippen MR) is 74.9 cm³/mol. The minimum atomic E-state index is -0.193. The summed E-state index contributed by atoms with van der Waals surface area (Å²) in [6.07, 6.45) is 5.00. The molecule has 3 unspecified atom stereocenters. The van der Waals surface area contributed by atoms with Crippen molar-refractivity contribution >= 4 is 0 Å². The number of rotatable bonds is 7. The smallest absolute Gasteiger partial charge is 0.0702 e. The van der Waals surface area contributed by atoms with E-state index >= 15 is 0 Å². The van der Waals surface area contributed by atoms with Gasteiger partial charge in [0.1, 0.15) is 0 Å². The summed E-state index contributed by atoms with van der Waals surface area (Å²) < 4.78 is 5.77. The average Bonchev–Trinajstić information content (AvgIpc) is 2.39. The van der Waals surface area contributed by atoms with Gasteiger partial charge in [-0.1, -0.05) is 0 Å². The molecule has 1 aliphatic rings. The van der Waals surface area contributed by atoms with Crippen LogP contribution in [0.4, 0.5) is 0 Å². The maximum Gasteiger partial charge on any atom is 0.0702 e. The molecule has 4 heteroatoms. The van der Waals surface area contributed by atoms with Gasteiger partial charge in [0.05, 0.1) is 12.7 Å². The van der Waals surface area contributed by atoms with Crippen LogP contribution in [0.1, 0.15) is 39.5 Å². The number of likely N-dealkylation sites (N-methyl/N-ethyl adjacent to an activating group) is 2. The third kappa shape index (κ3) is 4.84. The molecule has 0 aromatic heterocycles. The number of aliphatic hydroxyl groups excluding tert-OH is 1. The van der Waals surface area contributed by atoms with Crippen LogP contribution in [-0.4, -0.2) is 61.5 Å². The predicted octanol–water partition coefficient (Wildman–Crippen LogP) is 1.24. The van der Waals surface area contributed by atoms with Crippen LogP contribution in [0.15, 0.2) is 0 Å². The first-order valence-corrected chi connectivity index (χ1v) is 7.12. The maximum atomic E-state index is 9.43. The molecular weight excluding hydrogens is 228 g/mol. The summed E-state index contributed by atoms with van der Waals surface area (Å²) in [5, 5.41) is 12.6. The van der Waals surface area contributed by atoms with Gasteiger partial charge in [-0.05, 0) is 53.6 Å². The molecule has 0 saturated carbocycles. The van der Waals surface area contributed by atoms with Crippen LogP contribution in [0.2, 0.25) is 0 Å². The first-order valence-electron chi connectivity index (χ1n) is 7.12. The van der Waals surface area contributed by atoms with Crippen LogP contribution in [-0.2, 0) is 4.74 Å². The van der Waals surface area contributed by atoms with Crippen molar-refractivity contribution < 1.29 is 9.84 Å². The number of nitrogens with zero attached hydrogens (tertiary/aromatic N) is 1. The molecule has 108 valence electrons. The molecule has 0 bridgehead atoms. The van der Waals surface area contributed by atoms with Gasteiger partial charge < -0.3 is 20.1 Å². The SMILES string of the molecule is CNC(C)(CO)CC(C)N(C)CC1CCCCO1. The highest BCUT2D eigenvalue weighted by Crippen LogP contribution is 2.18. The van der Waals surface area contributed by atoms with Gasteiger partial charge in [0.2, 0.25) is 0 Å². The van der Waals surface area contributed by atoms with E-state index in [1.54, 1.807) is 0 Å². The molecule has 1 saturated heterocycles. The van der Waals surface area contributed by atoms with Crippen LogP contribution >= 0.6 is 0 Å². The van der Waals surface area contributed by atoms with Crippen molar-refractivity contribution in [3.05, 3.63) is 0 Å². The van der Waals surface area contributed by atoms with Crippen molar-refractivity contribution in [2.45, 2.75) is 57.2 Å². The van der Waals surface area contributed by atoms with Gasteiger partial charge >= 0.3 is 0 Å². The normalized spacial score (nSPS) is 26.0. The molecule has 0 radical (unpaired) electrons. The lowest BCUT2D eigenvalue weighted by molar-refractivity contribution is -0.0101. The Hall–Kier alpha value is -0.160. The Morgan fingerprint density at radius 2 is 2.22 bits per heavy atom. The highest BCUT2D eigenvalue weighted by molar-refractivity contribution is 4.86. The van der Waals surface area contributed by atoms with Crippen molar-refractivity contribution in [3.63, 3.8) is 0 Å². The summed E-state index contributed by atoms with van der Waals surface area (Å²) in [5.41, 5.74) is -0.193. The summed E-state index contributed by atoms with van der Waals surface area (Å²) in [7, 11) is 4.06. The lowest BCUT2D eigenvalue weighted by Crippen LogP contribution is -2.49. The minimum Gasteiger partial charge on any atom is -0.394 e. The molecule has 1 aliphatic heterocycles. The number of aliphatic hydroxyl groups is 1. The van der Waals surface area contributed by atoms with Crippen molar-refractivity contribution in [1.82, 2.24) is 10.2 Å². The first-order chi connectivity index (χ1) is 8.50. The third-order valence-corrected chi connectivity index (χ3v) is 4.22. The summed E-state index contributed by atoms with van der Waals surface area (Å²) in [6, 6.07) is 0.431. The van der Waals surface area contributed by atoms with Crippen LogP contribution in [0.25, 0.3) is 0 Å². The van der Waals surface area contributed by atoms with Crippen molar-refractivity contribution in [2.75, 3.05) is 33.9 Å². The fraction of sp³-hybridized carbons (Fsp3) is 1.00. The van der Waals surface area contributed by atoms with E-state index in [0.29, 0.717) is 12.1 Å². The van der Waals surface area contributed by atoms with E-state index in [2.05, 4.69) is 31.1 Å². The van der Waals surface area contributed by atoms with E-state index in [1.165, 1.54) is 19.3 Å². The lowest BCUT2D eigenvalue weighted by atomic mass is 9.94. The molecule has 0 aromatic carbocycles. The fourth-order valence-electron chi connectivity index (χ4n) is 2.51. The van der Waals surface area contributed by atoms with E-state index in [-0.39, 0.29) is 12.1 Å². The zero-order valence-electron chi connectivity index (χ0n) is 12.4. The van der Waals surface area contributed by atoms with Gasteiger partial charge in [0.15, 0.2) is 0 Å². The average molecular weight is 258 g/mol. The molecule has 18 heavy (non-hydrogen) atoms. The van der Waals surface area contributed by atoms with Gasteiger partial charge in [-0.2, -0.15) is 0 Å². The van der Waals surface area contributed by atoms with E-state index in [4.69, 9.17) is 4.74 Å². The van der Waals surface area contributed by atoms with Gasteiger partial charge in [0.25, 0.3) is 0 Å². The number of ether oxygens (including phenoxy) is 1. The topological polar surface area (TPSA) is 44.7 Å². The molecule has 1 fully saturated rings. The van der Waals surface area contributed by atoms with Crippen LogP contribution in [0.5, 0.6) is 0 Å². The van der Waals surface area contributed by atoms with Crippen molar-refractivity contribution in [1.29, 1.82) is 0 Å². The number of hydrogen-bond donors (Lipinski definition) is 2. The Kier molecular flexibility index (Phi) is 6.57. The molecular formula is C14H30N2O2. The van der Waals surface area contributed by atoms with Gasteiger partial charge in [-0.15, -0.1) is 0 Å². The van der Waals surface area contributed by atoms with Crippen LogP contribution < -0.4 is 5.32 Å². The highest BCUT2D eigenvalue weighted by atomic mass is 16.5. The quantitative estimate of drug-likeness (QED) is 0.721. The Labute approximate surface area is 112 Å². The van der Waals surface area contributed by atoms with Gasteiger partial charge in [-0.3, -0.25) is 0 Å². The standard InChI is InChI=1S/C14H30N2O2/c1-12(9-14(2,11-17)15-3)16(4)10-13-7-5-6-8-18-13/h12-13,15,17H,5-11H2,1-4H3. The molecule has 0 aliphatic carbocycles. The zero-order valence-corrected chi connectivity index (χ0v) is 12.4. The molecule has 0 aromatic rings. The number of nitrogens with one attached hydrogen (secondary N) is 1. The monoisotopic (exact) mass is 258 g/mol. The van der Waals surface area contributed by atoms with E-state index < -0.39 is 0 Å². The summed E-state index contributed by atoms with van der Waals surface area (Å²) >= 11 is 0. The largest absolute Gasteiger partial charge is 0.394 e. The van der Waals surface area contributed by atoms with Gasteiger partial charge in [0, 0.05) is 24.7 Å². The molecule has 1 heterocycles. The second-order valence-electron chi connectivity index (χ2n) is 5.95. The molecule has 0 amide bonds. The van der Waals surface area contributed by atoms with Crippen LogP contribution in [0.3, 0.4) is 0 Å². The minimum absolute atomic E-state index is 0.168. The summed E-state index contributed by atoms with van der Waals surface area (Å²) in [5.74, 6) is 0. The first kappa shape index (κ1) is 15.9. The fourth-order valence-corrected chi connectivity index (χ4v) is 2.51. The molecule has 1 rings (SSSR count). The third-order valence-electron chi connectivity index (χ3n) is 4.22. The van der Waals surface area contributed by atoms with E-state index in [1.807, 2.05) is 7.05 Å². The Morgan fingerprint density at radius 1 is 1.50 bits per heavy atom. The maximum absolute atomic E-state index is 9.43. The van der Waals surface area contributed by atoms with E-state index in [9.17, 15) is 5.11 Å². The molecule has 0 spiro atoms. The van der Waals surface area contributed by atoms with Crippen molar-refractivity contribution in [2.24, 2.45) is 0 Å². The second-order valence-corrected chi connectivity index (χ2v) is 5.95. The zero-order chi connectivity index (χ0) is 13.6. The van der Waals surface area contributed by atoms with Crippen LogP contribution in [0, 0.1) is 0 Å². The second kappa shape index (κ2) is 7.43. The Morgan fingerprint density at radius 3 is 2.72 bits per heavy atom. The summed E-state index contributed by atoms with van der Waals surface area (Å²) in [6.45, 7) is 6.36. The molecule has 3 atom stereocenters. The Balaban J connectivity index is 2.37. The van der Waals surface area contributed by atoms with E-state index in [0.717, 1.165) is 19.6 Å². The Bertz CT molecular complexity index is 226. The highest BCUT2D eigenvalue weighted by Gasteiger charge is 2.26.